The molecule has 1 fully saturated rings. The van der Waals surface area contributed by atoms with Gasteiger partial charge in [-0.15, -0.1) is 0 Å². The zero-order valence-corrected chi connectivity index (χ0v) is 16.0. The molecule has 2 atom stereocenters. The second kappa shape index (κ2) is 7.26. The molecule has 0 radical (unpaired) electrons. The Morgan fingerprint density at radius 2 is 1.92 bits per heavy atom. The number of hydrogen-bond acceptors (Lipinski definition) is 2. The number of nitrogens with one attached hydrogen (secondary N) is 2. The van der Waals surface area contributed by atoms with Gasteiger partial charge in [0.05, 0.1) is 0 Å². The molecule has 3 heteroatoms. The van der Waals surface area contributed by atoms with Crippen LogP contribution in [0, 0.1) is 13.8 Å². The van der Waals surface area contributed by atoms with Crippen LogP contribution in [-0.4, -0.2) is 29.5 Å². The van der Waals surface area contributed by atoms with E-state index in [9.17, 15) is 0 Å². The minimum absolute atomic E-state index is 0.470. The summed E-state index contributed by atoms with van der Waals surface area (Å²) >= 11 is 0. The van der Waals surface area contributed by atoms with Crippen LogP contribution in [0.2, 0.25) is 0 Å². The lowest BCUT2D eigenvalue weighted by Crippen LogP contribution is -2.43. The molecule has 0 aliphatic carbocycles. The quantitative estimate of drug-likeness (QED) is 0.716. The van der Waals surface area contributed by atoms with Crippen molar-refractivity contribution in [3.63, 3.8) is 0 Å². The maximum Gasteiger partial charge on any atom is 0.0487 e. The smallest absolute Gasteiger partial charge is 0.0487 e. The van der Waals surface area contributed by atoms with E-state index in [-0.39, 0.29) is 0 Å². The summed E-state index contributed by atoms with van der Waals surface area (Å²) in [7, 11) is 2.09. The van der Waals surface area contributed by atoms with Crippen LogP contribution in [0.3, 0.4) is 0 Å². The largest absolute Gasteiger partial charge is 0.361 e. The van der Waals surface area contributed by atoms with Gasteiger partial charge in [0, 0.05) is 42.3 Å². The minimum atomic E-state index is 0.470. The Morgan fingerprint density at radius 3 is 2.69 bits per heavy atom. The summed E-state index contributed by atoms with van der Waals surface area (Å²) in [5.74, 6) is 0. The Hall–Kier alpha value is -2.10. The van der Waals surface area contributed by atoms with Gasteiger partial charge in [-0.05, 0) is 62.1 Å². The molecule has 2 heterocycles. The van der Waals surface area contributed by atoms with Crippen molar-refractivity contribution >= 4 is 10.9 Å². The van der Waals surface area contributed by atoms with Crippen LogP contribution >= 0.6 is 0 Å². The SMILES string of the molecule is CN[C@@H]1CCN(Cc2c(C)cc(C)c3[nH]ccc23)[C@H](c2ccccc2)C1. The van der Waals surface area contributed by atoms with Gasteiger partial charge in [0.25, 0.3) is 0 Å². The summed E-state index contributed by atoms with van der Waals surface area (Å²) in [6, 6.07) is 16.6. The topological polar surface area (TPSA) is 31.1 Å². The van der Waals surface area contributed by atoms with Crippen molar-refractivity contribution in [3.8, 4) is 0 Å². The molecule has 1 saturated heterocycles. The number of hydrogen-bond donors (Lipinski definition) is 2. The molecular weight excluding hydrogens is 318 g/mol. The van der Waals surface area contributed by atoms with E-state index in [1.165, 1.54) is 46.0 Å². The molecule has 3 nitrogen and oxygen atoms in total. The van der Waals surface area contributed by atoms with Crippen molar-refractivity contribution in [2.75, 3.05) is 13.6 Å². The molecule has 0 bridgehead atoms. The van der Waals surface area contributed by atoms with Gasteiger partial charge in [0.15, 0.2) is 0 Å². The average Bonchev–Trinajstić information content (AvgIpc) is 3.16. The van der Waals surface area contributed by atoms with Crippen LogP contribution < -0.4 is 5.32 Å². The van der Waals surface area contributed by atoms with E-state index >= 15 is 0 Å². The van der Waals surface area contributed by atoms with Gasteiger partial charge in [0.1, 0.15) is 0 Å². The van der Waals surface area contributed by atoms with Crippen molar-refractivity contribution in [1.82, 2.24) is 15.2 Å². The zero-order valence-electron chi connectivity index (χ0n) is 16.0. The molecule has 0 unspecified atom stereocenters. The second-order valence-electron chi connectivity index (χ2n) is 7.66. The highest BCUT2D eigenvalue weighted by atomic mass is 15.2. The summed E-state index contributed by atoms with van der Waals surface area (Å²) < 4.78 is 0. The highest BCUT2D eigenvalue weighted by Crippen LogP contribution is 2.34. The van der Waals surface area contributed by atoms with E-state index < -0.39 is 0 Å². The van der Waals surface area contributed by atoms with E-state index in [2.05, 4.69) is 84.8 Å². The fourth-order valence-electron chi connectivity index (χ4n) is 4.54. The van der Waals surface area contributed by atoms with Gasteiger partial charge >= 0.3 is 0 Å². The Labute approximate surface area is 156 Å². The van der Waals surface area contributed by atoms with Crippen LogP contribution in [0.1, 0.15) is 41.1 Å². The highest BCUT2D eigenvalue weighted by molar-refractivity contribution is 5.86. The standard InChI is InChI=1S/C23H29N3/c1-16-13-17(2)23-20(9-11-25-23)21(16)15-26-12-10-19(24-3)14-22(26)18-7-5-4-6-8-18/h4-9,11,13,19,22,24-25H,10,12,14-15H2,1-3H3/t19-,22+/m1/s1. The number of piperidine rings is 1. The van der Waals surface area contributed by atoms with Gasteiger partial charge in [-0.2, -0.15) is 0 Å². The first-order valence-corrected chi connectivity index (χ1v) is 9.70. The maximum atomic E-state index is 3.50. The van der Waals surface area contributed by atoms with Crippen molar-refractivity contribution in [2.45, 2.75) is 45.3 Å². The maximum absolute atomic E-state index is 3.50. The normalized spacial score (nSPS) is 21.3. The Kier molecular flexibility index (Phi) is 4.84. The lowest BCUT2D eigenvalue weighted by molar-refractivity contribution is 0.120. The molecule has 1 aliphatic rings. The Balaban J connectivity index is 1.69. The molecule has 2 N–H and O–H groups in total. The van der Waals surface area contributed by atoms with E-state index in [0.717, 1.165) is 13.1 Å². The van der Waals surface area contributed by atoms with Gasteiger partial charge in [-0.1, -0.05) is 36.4 Å². The highest BCUT2D eigenvalue weighted by Gasteiger charge is 2.29. The third-order valence-electron chi connectivity index (χ3n) is 6.04. The molecule has 4 rings (SSSR count). The first-order chi connectivity index (χ1) is 12.7. The monoisotopic (exact) mass is 347 g/mol. The van der Waals surface area contributed by atoms with Crippen molar-refractivity contribution < 1.29 is 0 Å². The molecule has 0 saturated carbocycles. The summed E-state index contributed by atoms with van der Waals surface area (Å²) in [4.78, 5) is 6.10. The molecule has 3 aromatic rings. The number of aryl methyl sites for hydroxylation is 2. The van der Waals surface area contributed by atoms with Crippen LogP contribution in [0.25, 0.3) is 10.9 Å². The summed E-state index contributed by atoms with van der Waals surface area (Å²) in [6.07, 6.45) is 4.45. The lowest BCUT2D eigenvalue weighted by Gasteiger charge is -2.40. The van der Waals surface area contributed by atoms with E-state index in [4.69, 9.17) is 0 Å². The second-order valence-corrected chi connectivity index (χ2v) is 7.66. The number of H-pyrrole nitrogens is 1. The first-order valence-electron chi connectivity index (χ1n) is 9.70. The van der Waals surface area contributed by atoms with Crippen molar-refractivity contribution in [2.24, 2.45) is 0 Å². The summed E-state index contributed by atoms with van der Waals surface area (Å²) in [5, 5.41) is 4.88. The fraction of sp³-hybridized carbons (Fsp3) is 0.391. The minimum Gasteiger partial charge on any atom is -0.361 e. The number of fused-ring (bicyclic) bond motifs is 1. The van der Waals surface area contributed by atoms with Crippen molar-refractivity contribution in [1.29, 1.82) is 0 Å². The molecule has 1 aliphatic heterocycles. The lowest BCUT2D eigenvalue weighted by atomic mass is 9.90. The van der Waals surface area contributed by atoms with Gasteiger partial charge in [-0.25, -0.2) is 0 Å². The zero-order chi connectivity index (χ0) is 18.1. The van der Waals surface area contributed by atoms with E-state index in [1.807, 2.05) is 0 Å². The molecule has 1 aromatic heterocycles. The predicted molar refractivity (Wildman–Crippen MR) is 109 cm³/mol. The van der Waals surface area contributed by atoms with E-state index in [1.54, 1.807) is 0 Å². The van der Waals surface area contributed by atoms with Gasteiger partial charge in [0.2, 0.25) is 0 Å². The Morgan fingerprint density at radius 1 is 1.12 bits per heavy atom. The first kappa shape index (κ1) is 17.3. The van der Waals surface area contributed by atoms with Gasteiger partial charge < -0.3 is 10.3 Å². The number of rotatable bonds is 4. The summed E-state index contributed by atoms with van der Waals surface area (Å²) in [5.41, 5.74) is 6.92. The van der Waals surface area contributed by atoms with Crippen molar-refractivity contribution in [3.05, 3.63) is 70.9 Å². The molecule has 0 spiro atoms. The molecule has 2 aromatic carbocycles. The molecular formula is C23H29N3. The fourth-order valence-corrected chi connectivity index (χ4v) is 4.54. The van der Waals surface area contributed by atoms with Crippen LogP contribution in [0.15, 0.2) is 48.7 Å². The molecule has 0 amide bonds. The number of benzene rings is 2. The third kappa shape index (κ3) is 3.17. The molecule has 136 valence electrons. The van der Waals surface area contributed by atoms with E-state index in [0.29, 0.717) is 12.1 Å². The van der Waals surface area contributed by atoms with Crippen LogP contribution in [0.5, 0.6) is 0 Å². The average molecular weight is 348 g/mol. The number of likely N-dealkylation sites (tertiary alicyclic amines) is 1. The number of nitrogens with zero attached hydrogens (tertiary/aromatic N) is 1. The Bertz CT molecular complexity index is 881. The third-order valence-corrected chi connectivity index (χ3v) is 6.04. The number of aromatic nitrogens is 1. The predicted octanol–water partition coefficient (Wildman–Crippen LogP) is 4.71. The molecule has 26 heavy (non-hydrogen) atoms. The summed E-state index contributed by atoms with van der Waals surface area (Å²) in [6.45, 7) is 6.59. The van der Waals surface area contributed by atoms with Gasteiger partial charge in [-0.3, -0.25) is 4.90 Å². The van der Waals surface area contributed by atoms with Crippen LogP contribution in [0.4, 0.5) is 0 Å². The number of aromatic amines is 1. The van der Waals surface area contributed by atoms with Crippen LogP contribution in [-0.2, 0) is 6.54 Å².